The summed E-state index contributed by atoms with van der Waals surface area (Å²) in [5, 5.41) is 0. The molecule has 3 rings (SSSR count). The molecule has 0 heterocycles. The molecule has 3 aromatic carbocycles. The van der Waals surface area contributed by atoms with Crippen molar-refractivity contribution in [2.24, 2.45) is 0 Å². The second kappa shape index (κ2) is 13.8. The van der Waals surface area contributed by atoms with Crippen molar-refractivity contribution in [3.8, 4) is 11.5 Å². The third kappa shape index (κ3) is 8.70. The second-order valence-electron chi connectivity index (χ2n) is 7.95. The Labute approximate surface area is 201 Å². The molecule has 0 spiro atoms. The fraction of sp³-hybridized carbons (Fsp3) is 0.233. The van der Waals surface area contributed by atoms with Crippen molar-refractivity contribution in [3.63, 3.8) is 0 Å². The normalized spacial score (nSPS) is 11.2. The zero-order chi connectivity index (χ0) is 24.0. The predicted octanol–water partition coefficient (Wildman–Crippen LogP) is 7.77. The molecule has 34 heavy (non-hydrogen) atoms. The van der Waals surface area contributed by atoms with Gasteiger partial charge in [0, 0.05) is 5.56 Å². The van der Waals surface area contributed by atoms with Gasteiger partial charge < -0.3 is 9.47 Å². The zero-order valence-electron chi connectivity index (χ0n) is 19.6. The Morgan fingerprint density at radius 1 is 0.706 bits per heavy atom. The molecule has 0 aliphatic rings. The Balaban J connectivity index is 1.27. The van der Waals surface area contributed by atoms with Crippen LogP contribution < -0.4 is 9.47 Å². The third-order valence-electron chi connectivity index (χ3n) is 5.25. The number of carbonyl (C=O) groups excluding carboxylic acids is 1. The van der Waals surface area contributed by atoms with Crippen LogP contribution in [0.3, 0.4) is 0 Å². The van der Waals surface area contributed by atoms with Crippen LogP contribution in [0, 0.1) is 5.82 Å². The van der Waals surface area contributed by atoms with Crippen molar-refractivity contribution in [1.82, 2.24) is 0 Å². The molecule has 0 radical (unpaired) electrons. The smallest absolute Gasteiger partial charge is 0.185 e. The van der Waals surface area contributed by atoms with E-state index in [4.69, 9.17) is 9.47 Å². The highest BCUT2D eigenvalue weighted by atomic mass is 19.1. The van der Waals surface area contributed by atoms with Gasteiger partial charge in [0.25, 0.3) is 0 Å². The first-order chi connectivity index (χ1) is 16.6. The van der Waals surface area contributed by atoms with E-state index < -0.39 is 0 Å². The van der Waals surface area contributed by atoms with Gasteiger partial charge in [-0.2, -0.15) is 0 Å². The van der Waals surface area contributed by atoms with Gasteiger partial charge >= 0.3 is 0 Å². The minimum atomic E-state index is -0.354. The minimum Gasteiger partial charge on any atom is -0.494 e. The Morgan fingerprint density at radius 3 is 1.71 bits per heavy atom. The Kier molecular flexibility index (Phi) is 10.1. The highest BCUT2D eigenvalue weighted by Crippen LogP contribution is 2.16. The summed E-state index contributed by atoms with van der Waals surface area (Å²) < 4.78 is 24.6. The van der Waals surface area contributed by atoms with E-state index in [1.54, 1.807) is 6.08 Å². The van der Waals surface area contributed by atoms with Crippen LogP contribution in [0.5, 0.6) is 11.5 Å². The number of allylic oxidation sites excluding steroid dienone is 2. The summed E-state index contributed by atoms with van der Waals surface area (Å²) in [6.45, 7) is 3.40. The standard InChI is InChI=1S/C30H31FO3/c1-2-7-24-8-17-28(18-9-24)33-22-5-3-4-6-23-34-29-19-10-25(11-20-29)12-21-30(32)26-13-15-27(31)16-14-26/h2,7-21H,3-6,22-23H2,1H3/b7-2?,21-12+. The lowest BCUT2D eigenvalue weighted by Gasteiger charge is -2.08. The summed E-state index contributed by atoms with van der Waals surface area (Å²) in [6, 6.07) is 21.3. The lowest BCUT2D eigenvalue weighted by molar-refractivity contribution is 0.104. The quantitative estimate of drug-likeness (QED) is 0.149. The number of hydrogen-bond donors (Lipinski definition) is 0. The van der Waals surface area contributed by atoms with Crippen LogP contribution in [0.15, 0.2) is 84.9 Å². The number of benzene rings is 3. The molecular formula is C30H31FO3. The van der Waals surface area contributed by atoms with E-state index in [2.05, 4.69) is 18.2 Å². The molecule has 0 aliphatic carbocycles. The second-order valence-corrected chi connectivity index (χ2v) is 7.95. The van der Waals surface area contributed by atoms with Crippen molar-refractivity contribution in [3.05, 3.63) is 107 Å². The fourth-order valence-corrected chi connectivity index (χ4v) is 3.36. The summed E-state index contributed by atoms with van der Waals surface area (Å²) in [7, 11) is 0. The van der Waals surface area contributed by atoms with Crippen molar-refractivity contribution >= 4 is 17.9 Å². The Bertz CT molecular complexity index is 1070. The minimum absolute atomic E-state index is 0.159. The monoisotopic (exact) mass is 458 g/mol. The molecule has 0 unspecified atom stereocenters. The molecule has 0 amide bonds. The van der Waals surface area contributed by atoms with Gasteiger partial charge in [0.2, 0.25) is 0 Å². The van der Waals surface area contributed by atoms with Crippen molar-refractivity contribution in [1.29, 1.82) is 0 Å². The van der Waals surface area contributed by atoms with Gasteiger partial charge in [-0.05, 0) is 98.3 Å². The number of carbonyl (C=O) groups is 1. The number of hydrogen-bond acceptors (Lipinski definition) is 3. The number of unbranched alkanes of at least 4 members (excludes halogenated alkanes) is 3. The van der Waals surface area contributed by atoms with E-state index in [-0.39, 0.29) is 11.6 Å². The Hall–Kier alpha value is -3.66. The maximum absolute atomic E-state index is 13.0. The molecule has 0 aromatic heterocycles. The van der Waals surface area contributed by atoms with Gasteiger partial charge in [0.1, 0.15) is 17.3 Å². The average molecular weight is 459 g/mol. The molecular weight excluding hydrogens is 427 g/mol. The van der Waals surface area contributed by atoms with E-state index in [9.17, 15) is 9.18 Å². The molecule has 0 saturated carbocycles. The van der Waals surface area contributed by atoms with E-state index in [0.717, 1.165) is 49.4 Å². The van der Waals surface area contributed by atoms with E-state index in [0.29, 0.717) is 12.2 Å². The first kappa shape index (κ1) is 25.0. The SMILES string of the molecule is CC=Cc1ccc(OCCCCCCOc2ccc(/C=C/C(=O)c3ccc(F)cc3)cc2)cc1. The van der Waals surface area contributed by atoms with Gasteiger partial charge in [0.15, 0.2) is 5.78 Å². The van der Waals surface area contributed by atoms with Gasteiger partial charge in [-0.1, -0.05) is 42.5 Å². The Morgan fingerprint density at radius 2 is 1.21 bits per heavy atom. The van der Waals surface area contributed by atoms with Crippen LogP contribution in [-0.4, -0.2) is 19.0 Å². The largest absolute Gasteiger partial charge is 0.494 e. The van der Waals surface area contributed by atoms with Crippen LogP contribution in [-0.2, 0) is 0 Å². The zero-order valence-corrected chi connectivity index (χ0v) is 19.6. The maximum atomic E-state index is 13.0. The fourth-order valence-electron chi connectivity index (χ4n) is 3.36. The van der Waals surface area contributed by atoms with E-state index >= 15 is 0 Å². The van der Waals surface area contributed by atoms with Crippen LogP contribution in [0.25, 0.3) is 12.2 Å². The summed E-state index contributed by atoms with van der Waals surface area (Å²) in [6.07, 6.45) is 11.5. The van der Waals surface area contributed by atoms with Gasteiger partial charge in [-0.25, -0.2) is 4.39 Å². The number of ketones is 1. The molecule has 3 aromatic rings. The first-order valence-corrected chi connectivity index (χ1v) is 11.7. The predicted molar refractivity (Wildman–Crippen MR) is 137 cm³/mol. The number of rotatable bonds is 13. The molecule has 3 nitrogen and oxygen atoms in total. The molecule has 0 fully saturated rings. The highest BCUT2D eigenvalue weighted by molar-refractivity contribution is 6.06. The topological polar surface area (TPSA) is 35.5 Å². The summed E-state index contributed by atoms with van der Waals surface area (Å²) in [4.78, 5) is 12.1. The van der Waals surface area contributed by atoms with Crippen molar-refractivity contribution < 1.29 is 18.7 Å². The highest BCUT2D eigenvalue weighted by Gasteiger charge is 2.02. The lowest BCUT2D eigenvalue weighted by atomic mass is 10.1. The molecule has 0 atom stereocenters. The maximum Gasteiger partial charge on any atom is 0.185 e. The number of ether oxygens (including phenoxy) is 2. The molecule has 4 heteroatoms. The first-order valence-electron chi connectivity index (χ1n) is 11.7. The number of halogens is 1. The van der Waals surface area contributed by atoms with Crippen LogP contribution >= 0.6 is 0 Å². The van der Waals surface area contributed by atoms with Gasteiger partial charge in [-0.15, -0.1) is 0 Å². The van der Waals surface area contributed by atoms with Crippen molar-refractivity contribution in [2.45, 2.75) is 32.6 Å². The molecule has 0 aliphatic heterocycles. The molecule has 176 valence electrons. The third-order valence-corrected chi connectivity index (χ3v) is 5.25. The van der Waals surface area contributed by atoms with E-state index in [1.807, 2.05) is 49.4 Å². The summed E-state index contributed by atoms with van der Waals surface area (Å²) in [5.41, 5.74) is 2.54. The van der Waals surface area contributed by atoms with Crippen LogP contribution in [0.4, 0.5) is 4.39 Å². The van der Waals surface area contributed by atoms with E-state index in [1.165, 1.54) is 35.9 Å². The van der Waals surface area contributed by atoms with Crippen LogP contribution in [0.1, 0.15) is 54.1 Å². The summed E-state index contributed by atoms with van der Waals surface area (Å²) in [5.74, 6) is 1.21. The van der Waals surface area contributed by atoms with Crippen molar-refractivity contribution in [2.75, 3.05) is 13.2 Å². The van der Waals surface area contributed by atoms with Gasteiger partial charge in [0.05, 0.1) is 13.2 Å². The molecule has 0 bridgehead atoms. The lowest BCUT2D eigenvalue weighted by Crippen LogP contribution is -2.00. The summed E-state index contributed by atoms with van der Waals surface area (Å²) >= 11 is 0. The van der Waals surface area contributed by atoms with Crippen LogP contribution in [0.2, 0.25) is 0 Å². The molecule has 0 saturated heterocycles. The average Bonchev–Trinajstić information content (AvgIpc) is 2.86. The van der Waals surface area contributed by atoms with Gasteiger partial charge in [-0.3, -0.25) is 4.79 Å². The molecule has 0 N–H and O–H groups in total.